The maximum absolute atomic E-state index is 11.4. The minimum atomic E-state index is -0.904. The molecule has 1 unspecified atom stereocenters. The van der Waals surface area contributed by atoms with Gasteiger partial charge >= 0.3 is 5.97 Å². The van der Waals surface area contributed by atoms with Crippen molar-refractivity contribution < 1.29 is 14.7 Å². The van der Waals surface area contributed by atoms with Gasteiger partial charge in [0.15, 0.2) is 0 Å². The zero-order valence-electron chi connectivity index (χ0n) is 7.99. The van der Waals surface area contributed by atoms with Gasteiger partial charge in [0.1, 0.15) is 0 Å². The van der Waals surface area contributed by atoms with E-state index in [4.69, 9.17) is 11.5 Å². The predicted octanol–water partition coefficient (Wildman–Crippen LogP) is 0.235. The first-order valence-corrected chi connectivity index (χ1v) is 4.59. The van der Waals surface area contributed by atoms with Crippen molar-refractivity contribution in [2.24, 2.45) is 11.8 Å². The van der Waals surface area contributed by atoms with Gasteiger partial charge in [-0.25, -0.2) is 0 Å². The lowest BCUT2D eigenvalue weighted by Gasteiger charge is -2.09. The van der Waals surface area contributed by atoms with Crippen LogP contribution < -0.4 is 5.32 Å². The number of amides is 1. The Bertz CT molecular complexity index is 292. The second-order valence-corrected chi connectivity index (χ2v) is 3.42. The number of aliphatic carboxylic acids is 1. The standard InChI is InChI=1S/C10H13NO3/c1-3-6(4-2)11-9(12)7-5-8(7)10(13)14/h1,6-8H,4-5H2,2H3,(H,11,12)(H,13,14)/t6?,7-,8+/m1/s1. The SMILES string of the molecule is C#CC(CC)NC(=O)[C@@H]1C[C@@H]1C(=O)O. The van der Waals surface area contributed by atoms with E-state index in [1.807, 2.05) is 6.92 Å². The van der Waals surface area contributed by atoms with Crippen molar-refractivity contribution in [1.82, 2.24) is 5.32 Å². The van der Waals surface area contributed by atoms with E-state index in [1.165, 1.54) is 0 Å². The van der Waals surface area contributed by atoms with Crippen LogP contribution in [0.5, 0.6) is 0 Å². The van der Waals surface area contributed by atoms with Gasteiger partial charge in [-0.15, -0.1) is 6.42 Å². The van der Waals surface area contributed by atoms with Gasteiger partial charge in [0, 0.05) is 0 Å². The largest absolute Gasteiger partial charge is 0.481 e. The number of terminal acetylenes is 1. The van der Waals surface area contributed by atoms with Gasteiger partial charge in [0.25, 0.3) is 0 Å². The van der Waals surface area contributed by atoms with Crippen LogP contribution in [-0.2, 0) is 9.59 Å². The number of carboxylic acids is 1. The molecule has 1 fully saturated rings. The van der Waals surface area contributed by atoms with Crippen molar-refractivity contribution in [2.75, 3.05) is 0 Å². The van der Waals surface area contributed by atoms with Gasteiger partial charge in [-0.1, -0.05) is 12.8 Å². The smallest absolute Gasteiger partial charge is 0.307 e. The van der Waals surface area contributed by atoms with E-state index in [-0.39, 0.29) is 17.9 Å². The third kappa shape index (κ3) is 2.25. The van der Waals surface area contributed by atoms with Crippen LogP contribution in [0.25, 0.3) is 0 Å². The molecule has 0 heterocycles. The van der Waals surface area contributed by atoms with E-state index in [0.29, 0.717) is 12.8 Å². The van der Waals surface area contributed by atoms with Crippen molar-refractivity contribution >= 4 is 11.9 Å². The Kier molecular flexibility index (Phi) is 3.13. The molecule has 4 nitrogen and oxygen atoms in total. The third-order valence-electron chi connectivity index (χ3n) is 2.37. The molecule has 76 valence electrons. The van der Waals surface area contributed by atoms with E-state index < -0.39 is 11.9 Å². The topological polar surface area (TPSA) is 66.4 Å². The summed E-state index contributed by atoms with van der Waals surface area (Å²) >= 11 is 0. The Morgan fingerprint density at radius 1 is 1.64 bits per heavy atom. The highest BCUT2D eigenvalue weighted by molar-refractivity contribution is 5.89. The Labute approximate surface area is 82.7 Å². The molecule has 1 saturated carbocycles. The molecule has 0 radical (unpaired) electrons. The fourth-order valence-electron chi connectivity index (χ4n) is 1.30. The molecule has 0 aromatic carbocycles. The van der Waals surface area contributed by atoms with Crippen molar-refractivity contribution in [3.8, 4) is 12.3 Å². The first-order chi connectivity index (χ1) is 6.60. The maximum atomic E-state index is 11.4. The zero-order valence-corrected chi connectivity index (χ0v) is 7.99. The minimum absolute atomic E-state index is 0.234. The van der Waals surface area contributed by atoms with Crippen LogP contribution in [0.1, 0.15) is 19.8 Å². The van der Waals surface area contributed by atoms with Crippen LogP contribution in [0, 0.1) is 24.2 Å². The van der Waals surface area contributed by atoms with Gasteiger partial charge in [0.2, 0.25) is 5.91 Å². The van der Waals surface area contributed by atoms with Gasteiger partial charge in [0.05, 0.1) is 17.9 Å². The molecule has 1 aliphatic carbocycles. The highest BCUT2D eigenvalue weighted by atomic mass is 16.4. The number of carbonyl (C=O) groups excluding carboxylic acids is 1. The number of hydrogen-bond donors (Lipinski definition) is 2. The molecule has 1 aliphatic rings. The molecule has 0 bridgehead atoms. The third-order valence-corrected chi connectivity index (χ3v) is 2.37. The summed E-state index contributed by atoms with van der Waals surface area (Å²) in [5, 5.41) is 11.2. The molecular weight excluding hydrogens is 182 g/mol. The number of hydrogen-bond acceptors (Lipinski definition) is 2. The lowest BCUT2D eigenvalue weighted by atomic mass is 10.2. The molecule has 14 heavy (non-hydrogen) atoms. The number of carboxylic acid groups (broad SMARTS) is 1. The first-order valence-electron chi connectivity index (χ1n) is 4.59. The fourth-order valence-corrected chi connectivity index (χ4v) is 1.30. The molecule has 0 aliphatic heterocycles. The molecular formula is C10H13NO3. The van der Waals surface area contributed by atoms with Gasteiger partial charge in [-0.2, -0.15) is 0 Å². The van der Waals surface area contributed by atoms with Gasteiger partial charge in [-0.3, -0.25) is 9.59 Å². The fraction of sp³-hybridized carbons (Fsp3) is 0.600. The minimum Gasteiger partial charge on any atom is -0.481 e. The lowest BCUT2D eigenvalue weighted by molar-refractivity contribution is -0.140. The molecule has 0 saturated heterocycles. The summed E-state index contributed by atoms with van der Waals surface area (Å²) in [7, 11) is 0. The molecule has 1 amide bonds. The second kappa shape index (κ2) is 4.14. The Morgan fingerprint density at radius 3 is 2.64 bits per heavy atom. The van der Waals surface area contributed by atoms with Crippen molar-refractivity contribution in [3.63, 3.8) is 0 Å². The highest BCUT2D eigenvalue weighted by Crippen LogP contribution is 2.38. The summed E-state index contributed by atoms with van der Waals surface area (Å²) in [5.74, 6) is 0.403. The van der Waals surface area contributed by atoms with Crippen LogP contribution in [0.15, 0.2) is 0 Å². The van der Waals surface area contributed by atoms with Gasteiger partial charge < -0.3 is 10.4 Å². The van der Waals surface area contributed by atoms with E-state index in [9.17, 15) is 9.59 Å². The summed E-state index contributed by atoms with van der Waals surface area (Å²) in [6.45, 7) is 1.87. The average molecular weight is 195 g/mol. The van der Waals surface area contributed by atoms with E-state index >= 15 is 0 Å². The number of nitrogens with one attached hydrogen (secondary N) is 1. The predicted molar refractivity (Wildman–Crippen MR) is 50.3 cm³/mol. The molecule has 1 rings (SSSR count). The Morgan fingerprint density at radius 2 is 2.29 bits per heavy atom. The quantitative estimate of drug-likeness (QED) is 0.631. The maximum Gasteiger partial charge on any atom is 0.307 e. The summed E-state index contributed by atoms with van der Waals surface area (Å²) in [5.41, 5.74) is 0. The zero-order chi connectivity index (χ0) is 10.7. The molecule has 0 aromatic rings. The second-order valence-electron chi connectivity index (χ2n) is 3.42. The lowest BCUT2D eigenvalue weighted by Crippen LogP contribution is -2.35. The summed E-state index contributed by atoms with van der Waals surface area (Å²) in [6.07, 6.45) is 6.26. The monoisotopic (exact) mass is 195 g/mol. The molecule has 0 spiro atoms. The summed E-state index contributed by atoms with van der Waals surface area (Å²) in [4.78, 5) is 21.9. The van der Waals surface area contributed by atoms with Crippen LogP contribution >= 0.6 is 0 Å². The van der Waals surface area contributed by atoms with Crippen molar-refractivity contribution in [3.05, 3.63) is 0 Å². The molecule has 3 atom stereocenters. The van der Waals surface area contributed by atoms with Crippen LogP contribution in [0.4, 0.5) is 0 Å². The van der Waals surface area contributed by atoms with E-state index in [2.05, 4.69) is 11.2 Å². The van der Waals surface area contributed by atoms with Crippen LogP contribution in [0.2, 0.25) is 0 Å². The van der Waals surface area contributed by atoms with E-state index in [0.717, 1.165) is 0 Å². The first kappa shape index (κ1) is 10.6. The van der Waals surface area contributed by atoms with Gasteiger partial charge in [-0.05, 0) is 12.8 Å². The number of rotatable bonds is 4. The van der Waals surface area contributed by atoms with Crippen molar-refractivity contribution in [2.45, 2.75) is 25.8 Å². The number of carbonyl (C=O) groups is 2. The summed E-state index contributed by atoms with van der Waals surface area (Å²) in [6, 6.07) is -0.280. The summed E-state index contributed by atoms with van der Waals surface area (Å²) < 4.78 is 0. The van der Waals surface area contributed by atoms with Crippen LogP contribution in [-0.4, -0.2) is 23.0 Å². The average Bonchev–Trinajstić information content (AvgIpc) is 2.93. The Balaban J connectivity index is 2.39. The Hall–Kier alpha value is -1.50. The van der Waals surface area contributed by atoms with E-state index in [1.54, 1.807) is 0 Å². The normalized spacial score (nSPS) is 26.0. The molecule has 2 N–H and O–H groups in total. The highest BCUT2D eigenvalue weighted by Gasteiger charge is 2.48. The van der Waals surface area contributed by atoms with Crippen molar-refractivity contribution in [1.29, 1.82) is 0 Å². The van der Waals surface area contributed by atoms with Crippen LogP contribution in [0.3, 0.4) is 0 Å². The molecule has 4 heteroatoms. The molecule has 0 aromatic heterocycles.